The number of alkyl halides is 3. The van der Waals surface area contributed by atoms with Gasteiger partial charge in [-0.05, 0) is 44.5 Å². The molecule has 0 bridgehead atoms. The SMILES string of the molecule is Cc1c(-c2ccc(C(F)(F)F)cc2O)nnc2c1ncn2[C@@H]1CCCN(CC#N)C1. The lowest BCUT2D eigenvalue weighted by Gasteiger charge is -2.31. The number of halogens is 3. The predicted molar refractivity (Wildman–Crippen MR) is 102 cm³/mol. The van der Waals surface area contributed by atoms with Crippen molar-refractivity contribution in [3.63, 3.8) is 0 Å². The molecule has 1 saturated heterocycles. The highest BCUT2D eigenvalue weighted by molar-refractivity contribution is 5.83. The molecule has 30 heavy (non-hydrogen) atoms. The minimum absolute atomic E-state index is 0.108. The molecule has 3 aromatic rings. The molecule has 156 valence electrons. The van der Waals surface area contributed by atoms with Crippen LogP contribution in [0.2, 0.25) is 0 Å². The van der Waals surface area contributed by atoms with Crippen molar-refractivity contribution in [2.45, 2.75) is 32.0 Å². The summed E-state index contributed by atoms with van der Waals surface area (Å²) in [6, 6.07) is 5.07. The van der Waals surface area contributed by atoms with Crippen molar-refractivity contribution in [1.82, 2.24) is 24.6 Å². The Balaban J connectivity index is 1.71. The average molecular weight is 416 g/mol. The Labute approximate surface area is 170 Å². The molecular weight excluding hydrogens is 397 g/mol. The van der Waals surface area contributed by atoms with E-state index in [9.17, 15) is 18.3 Å². The molecule has 7 nitrogen and oxygen atoms in total. The van der Waals surface area contributed by atoms with Crippen molar-refractivity contribution in [2.24, 2.45) is 0 Å². The van der Waals surface area contributed by atoms with Gasteiger partial charge in [0.05, 0.1) is 24.5 Å². The van der Waals surface area contributed by atoms with Gasteiger partial charge in [0.2, 0.25) is 0 Å². The molecule has 0 saturated carbocycles. The van der Waals surface area contributed by atoms with E-state index in [1.54, 1.807) is 13.3 Å². The van der Waals surface area contributed by atoms with Gasteiger partial charge in [0.1, 0.15) is 17.0 Å². The van der Waals surface area contributed by atoms with Gasteiger partial charge in [0.25, 0.3) is 0 Å². The molecule has 4 rings (SSSR count). The normalized spacial score (nSPS) is 17.9. The minimum Gasteiger partial charge on any atom is -0.507 e. The van der Waals surface area contributed by atoms with Gasteiger partial charge < -0.3 is 9.67 Å². The third-order valence-electron chi connectivity index (χ3n) is 5.47. The summed E-state index contributed by atoms with van der Waals surface area (Å²) in [5, 5.41) is 27.6. The van der Waals surface area contributed by atoms with Crippen LogP contribution >= 0.6 is 0 Å². The summed E-state index contributed by atoms with van der Waals surface area (Å²) in [6.45, 7) is 3.70. The molecule has 3 heterocycles. The maximum atomic E-state index is 12.9. The summed E-state index contributed by atoms with van der Waals surface area (Å²) < 4.78 is 40.6. The first-order chi connectivity index (χ1) is 14.3. The van der Waals surface area contributed by atoms with Gasteiger partial charge in [-0.25, -0.2) is 4.98 Å². The number of piperidine rings is 1. The fourth-order valence-corrected chi connectivity index (χ4v) is 3.94. The Morgan fingerprint density at radius 2 is 2.10 bits per heavy atom. The summed E-state index contributed by atoms with van der Waals surface area (Å²) in [7, 11) is 0. The summed E-state index contributed by atoms with van der Waals surface area (Å²) in [5.41, 5.74) is 1.30. The van der Waals surface area contributed by atoms with Crippen LogP contribution in [-0.2, 0) is 6.18 Å². The van der Waals surface area contributed by atoms with Gasteiger partial charge in [-0.15, -0.1) is 10.2 Å². The molecule has 0 unspecified atom stereocenters. The van der Waals surface area contributed by atoms with Crippen molar-refractivity contribution in [3.05, 3.63) is 35.7 Å². The van der Waals surface area contributed by atoms with E-state index in [4.69, 9.17) is 5.26 Å². The van der Waals surface area contributed by atoms with Crippen LogP contribution in [-0.4, -0.2) is 49.4 Å². The fourth-order valence-electron chi connectivity index (χ4n) is 3.94. The van der Waals surface area contributed by atoms with E-state index in [0.29, 0.717) is 35.9 Å². The number of nitriles is 1. The molecular formula is C20H19F3N6O. The summed E-state index contributed by atoms with van der Waals surface area (Å²) >= 11 is 0. The number of likely N-dealkylation sites (tertiary alicyclic amines) is 1. The third kappa shape index (κ3) is 3.57. The van der Waals surface area contributed by atoms with E-state index >= 15 is 0 Å². The number of imidazole rings is 1. The quantitative estimate of drug-likeness (QED) is 0.655. The van der Waals surface area contributed by atoms with E-state index in [1.807, 2.05) is 4.57 Å². The number of phenolic OH excluding ortho intramolecular Hbond substituents is 1. The topological polar surface area (TPSA) is 90.9 Å². The van der Waals surface area contributed by atoms with Crippen LogP contribution in [0.3, 0.4) is 0 Å². The van der Waals surface area contributed by atoms with E-state index in [0.717, 1.165) is 25.5 Å². The first-order valence-corrected chi connectivity index (χ1v) is 9.49. The number of rotatable bonds is 3. The van der Waals surface area contributed by atoms with Crippen molar-refractivity contribution >= 4 is 11.2 Å². The fraction of sp³-hybridized carbons (Fsp3) is 0.400. The second kappa shape index (κ2) is 7.57. The van der Waals surface area contributed by atoms with E-state index in [1.165, 1.54) is 6.07 Å². The number of fused-ring (bicyclic) bond motifs is 1. The third-order valence-corrected chi connectivity index (χ3v) is 5.47. The van der Waals surface area contributed by atoms with Crippen LogP contribution in [0, 0.1) is 18.3 Å². The zero-order chi connectivity index (χ0) is 21.5. The molecule has 1 aromatic carbocycles. The number of nitrogens with zero attached hydrogens (tertiary/aromatic N) is 6. The Hall–Kier alpha value is -3.19. The number of phenols is 1. The molecule has 1 aliphatic rings. The van der Waals surface area contributed by atoms with Crippen LogP contribution in [0.5, 0.6) is 5.75 Å². The first-order valence-electron chi connectivity index (χ1n) is 9.49. The van der Waals surface area contributed by atoms with Crippen LogP contribution in [0.15, 0.2) is 24.5 Å². The second-order valence-electron chi connectivity index (χ2n) is 7.42. The van der Waals surface area contributed by atoms with Crippen LogP contribution < -0.4 is 0 Å². The van der Waals surface area contributed by atoms with Gasteiger partial charge >= 0.3 is 6.18 Å². The van der Waals surface area contributed by atoms with E-state index < -0.39 is 17.5 Å². The highest BCUT2D eigenvalue weighted by Gasteiger charge is 2.31. The maximum absolute atomic E-state index is 12.9. The van der Waals surface area contributed by atoms with Crippen LogP contribution in [0.1, 0.15) is 30.0 Å². The van der Waals surface area contributed by atoms with Crippen LogP contribution in [0.4, 0.5) is 13.2 Å². The Bertz CT molecular complexity index is 1130. The maximum Gasteiger partial charge on any atom is 0.416 e. The predicted octanol–water partition coefficient (Wildman–Crippen LogP) is 3.69. The molecule has 0 amide bonds. The number of aromatic nitrogens is 4. The van der Waals surface area contributed by atoms with Gasteiger partial charge in [-0.3, -0.25) is 4.90 Å². The molecule has 2 aromatic heterocycles. The van der Waals surface area contributed by atoms with Gasteiger partial charge in [-0.1, -0.05) is 0 Å². The lowest BCUT2D eigenvalue weighted by molar-refractivity contribution is -0.137. The Kier molecular flexibility index (Phi) is 5.07. The highest BCUT2D eigenvalue weighted by Crippen LogP contribution is 2.37. The van der Waals surface area contributed by atoms with Crippen molar-refractivity contribution in [1.29, 1.82) is 5.26 Å². The van der Waals surface area contributed by atoms with Gasteiger partial charge in [-0.2, -0.15) is 18.4 Å². The molecule has 1 fully saturated rings. The molecule has 0 radical (unpaired) electrons. The van der Waals surface area contributed by atoms with E-state index in [-0.39, 0.29) is 17.3 Å². The standard InChI is InChI=1S/C20H19F3N6O/c1-12-17(15-5-4-13(9-16(15)30)20(21,22)23)26-27-19-18(12)25-11-29(19)14-3-2-7-28(10-14)8-6-24/h4-5,9,11,14,30H,2-3,7-8,10H2,1H3/t14-/m1/s1. The van der Waals surface area contributed by atoms with Gasteiger partial charge in [0, 0.05) is 23.7 Å². The van der Waals surface area contributed by atoms with E-state index in [2.05, 4.69) is 26.2 Å². The monoisotopic (exact) mass is 416 g/mol. The first kappa shape index (κ1) is 20.1. The zero-order valence-corrected chi connectivity index (χ0v) is 16.2. The summed E-state index contributed by atoms with van der Waals surface area (Å²) in [4.78, 5) is 6.53. The molecule has 0 aliphatic carbocycles. The number of aryl methyl sites for hydroxylation is 1. The number of aromatic hydroxyl groups is 1. The molecule has 0 spiro atoms. The Morgan fingerprint density at radius 1 is 1.30 bits per heavy atom. The molecule has 1 N–H and O–H groups in total. The largest absolute Gasteiger partial charge is 0.507 e. The minimum atomic E-state index is -4.54. The van der Waals surface area contributed by atoms with Crippen molar-refractivity contribution in [3.8, 4) is 23.1 Å². The molecule has 1 atom stereocenters. The molecule has 10 heteroatoms. The lowest BCUT2D eigenvalue weighted by Crippen LogP contribution is -2.36. The van der Waals surface area contributed by atoms with Crippen LogP contribution in [0.25, 0.3) is 22.4 Å². The number of hydrogen-bond acceptors (Lipinski definition) is 6. The number of benzene rings is 1. The molecule has 1 aliphatic heterocycles. The van der Waals surface area contributed by atoms with Crippen molar-refractivity contribution in [2.75, 3.05) is 19.6 Å². The summed E-state index contributed by atoms with van der Waals surface area (Å²) in [5.74, 6) is -0.513. The second-order valence-corrected chi connectivity index (χ2v) is 7.42. The van der Waals surface area contributed by atoms with Gasteiger partial charge in [0.15, 0.2) is 5.65 Å². The zero-order valence-electron chi connectivity index (χ0n) is 16.2. The average Bonchev–Trinajstić information content (AvgIpc) is 3.13. The Morgan fingerprint density at radius 3 is 2.80 bits per heavy atom. The number of hydrogen-bond donors (Lipinski definition) is 1. The highest BCUT2D eigenvalue weighted by atomic mass is 19.4. The van der Waals surface area contributed by atoms with Crippen molar-refractivity contribution < 1.29 is 18.3 Å². The summed E-state index contributed by atoms with van der Waals surface area (Å²) in [6.07, 6.45) is -0.979. The smallest absolute Gasteiger partial charge is 0.416 e. The lowest BCUT2D eigenvalue weighted by atomic mass is 10.0.